The Morgan fingerprint density at radius 2 is 2.40 bits per heavy atom. The van der Waals surface area contributed by atoms with E-state index >= 15 is 0 Å². The first-order valence-electron chi connectivity index (χ1n) is 3.05. The molecule has 52 valence electrons. The SMILES string of the molecule is C=Nc1[nH]ccc1C(=C)C. The number of H-pyrrole nitrogens is 1. The first kappa shape index (κ1) is 6.81. The highest BCUT2D eigenvalue weighted by Crippen LogP contribution is 2.22. The van der Waals surface area contributed by atoms with Gasteiger partial charge >= 0.3 is 0 Å². The fourth-order valence-electron chi connectivity index (χ4n) is 0.836. The number of hydrogen-bond acceptors (Lipinski definition) is 1. The molecule has 1 N–H and O–H groups in total. The van der Waals surface area contributed by atoms with Gasteiger partial charge in [0.25, 0.3) is 0 Å². The van der Waals surface area contributed by atoms with Crippen molar-refractivity contribution < 1.29 is 0 Å². The lowest BCUT2D eigenvalue weighted by Crippen LogP contribution is -1.71. The molecule has 0 amide bonds. The van der Waals surface area contributed by atoms with Crippen LogP contribution in [0.2, 0.25) is 0 Å². The van der Waals surface area contributed by atoms with Crippen LogP contribution in [0.5, 0.6) is 0 Å². The van der Waals surface area contributed by atoms with E-state index in [0.29, 0.717) is 0 Å². The molecule has 1 heterocycles. The maximum absolute atomic E-state index is 3.80. The van der Waals surface area contributed by atoms with Crippen molar-refractivity contribution in [3.8, 4) is 0 Å². The summed E-state index contributed by atoms with van der Waals surface area (Å²) < 4.78 is 0. The Kier molecular flexibility index (Phi) is 1.71. The van der Waals surface area contributed by atoms with Crippen molar-refractivity contribution in [3.05, 3.63) is 24.4 Å². The quantitative estimate of drug-likeness (QED) is 0.601. The molecule has 2 nitrogen and oxygen atoms in total. The summed E-state index contributed by atoms with van der Waals surface area (Å²) >= 11 is 0. The fourth-order valence-corrected chi connectivity index (χ4v) is 0.836. The molecule has 0 saturated carbocycles. The number of aromatic amines is 1. The summed E-state index contributed by atoms with van der Waals surface area (Å²) in [7, 11) is 0. The number of hydrogen-bond donors (Lipinski definition) is 1. The zero-order chi connectivity index (χ0) is 7.56. The summed E-state index contributed by atoms with van der Waals surface area (Å²) in [5, 5.41) is 0. The van der Waals surface area contributed by atoms with Crippen LogP contribution >= 0.6 is 0 Å². The van der Waals surface area contributed by atoms with Crippen molar-refractivity contribution in [1.29, 1.82) is 0 Å². The minimum atomic E-state index is 0.799. The molecule has 0 aliphatic rings. The van der Waals surface area contributed by atoms with Crippen LogP contribution in [0.1, 0.15) is 12.5 Å². The van der Waals surface area contributed by atoms with Gasteiger partial charge in [-0.05, 0) is 25.3 Å². The van der Waals surface area contributed by atoms with Crippen LogP contribution in [-0.4, -0.2) is 11.7 Å². The van der Waals surface area contributed by atoms with E-state index in [0.717, 1.165) is 17.0 Å². The second kappa shape index (κ2) is 2.52. The number of aromatic nitrogens is 1. The lowest BCUT2D eigenvalue weighted by atomic mass is 10.2. The molecule has 1 rings (SSSR count). The molecule has 10 heavy (non-hydrogen) atoms. The minimum Gasteiger partial charge on any atom is -0.346 e. The van der Waals surface area contributed by atoms with E-state index in [2.05, 4.69) is 23.3 Å². The molecule has 0 saturated heterocycles. The topological polar surface area (TPSA) is 28.1 Å². The summed E-state index contributed by atoms with van der Waals surface area (Å²) in [5.74, 6) is 0.799. The normalized spacial score (nSPS) is 9.30. The van der Waals surface area contributed by atoms with Crippen molar-refractivity contribution in [2.45, 2.75) is 6.92 Å². The van der Waals surface area contributed by atoms with Gasteiger partial charge < -0.3 is 4.98 Å². The molecule has 0 unspecified atom stereocenters. The van der Waals surface area contributed by atoms with E-state index in [4.69, 9.17) is 0 Å². The standard InChI is InChI=1S/C8H10N2/c1-6(2)7-4-5-10-8(7)9-3/h4-5,10H,1,3H2,2H3. The maximum Gasteiger partial charge on any atom is 0.136 e. The molecule has 0 aliphatic carbocycles. The van der Waals surface area contributed by atoms with Gasteiger partial charge in [0.2, 0.25) is 0 Å². The molecule has 0 spiro atoms. The molecule has 1 aromatic heterocycles. The monoisotopic (exact) mass is 134 g/mol. The highest BCUT2D eigenvalue weighted by atomic mass is 14.9. The second-order valence-electron chi connectivity index (χ2n) is 2.18. The van der Waals surface area contributed by atoms with Crippen LogP contribution < -0.4 is 0 Å². The molecule has 0 atom stereocenters. The third-order valence-corrected chi connectivity index (χ3v) is 1.34. The summed E-state index contributed by atoms with van der Waals surface area (Å²) in [4.78, 5) is 6.73. The van der Waals surface area contributed by atoms with E-state index in [1.54, 1.807) is 0 Å². The molecule has 0 aromatic carbocycles. The molecule has 0 radical (unpaired) electrons. The van der Waals surface area contributed by atoms with Crippen LogP contribution in [-0.2, 0) is 0 Å². The third-order valence-electron chi connectivity index (χ3n) is 1.34. The van der Waals surface area contributed by atoms with E-state index in [-0.39, 0.29) is 0 Å². The third kappa shape index (κ3) is 1.00. The largest absolute Gasteiger partial charge is 0.346 e. The average molecular weight is 134 g/mol. The minimum absolute atomic E-state index is 0.799. The smallest absolute Gasteiger partial charge is 0.136 e. The maximum atomic E-state index is 3.80. The number of nitrogens with zero attached hydrogens (tertiary/aromatic N) is 1. The zero-order valence-corrected chi connectivity index (χ0v) is 6.02. The van der Waals surface area contributed by atoms with Gasteiger partial charge in [-0.2, -0.15) is 0 Å². The number of allylic oxidation sites excluding steroid dienone is 1. The van der Waals surface area contributed by atoms with Crippen molar-refractivity contribution >= 4 is 18.1 Å². The van der Waals surface area contributed by atoms with Crippen LogP contribution in [0, 0.1) is 0 Å². The van der Waals surface area contributed by atoms with Crippen molar-refractivity contribution in [2.24, 2.45) is 4.99 Å². The van der Waals surface area contributed by atoms with Gasteiger partial charge in [0, 0.05) is 11.8 Å². The van der Waals surface area contributed by atoms with Crippen molar-refractivity contribution in [3.63, 3.8) is 0 Å². The molecular weight excluding hydrogens is 124 g/mol. The Morgan fingerprint density at radius 3 is 2.80 bits per heavy atom. The Labute approximate surface area is 60.3 Å². The van der Waals surface area contributed by atoms with Crippen LogP contribution in [0.4, 0.5) is 5.82 Å². The highest BCUT2D eigenvalue weighted by molar-refractivity contribution is 5.70. The average Bonchev–Trinajstić information content (AvgIpc) is 2.33. The van der Waals surface area contributed by atoms with E-state index in [1.807, 2.05) is 19.2 Å². The predicted octanol–water partition coefficient (Wildman–Crippen LogP) is 2.38. The van der Waals surface area contributed by atoms with E-state index in [1.165, 1.54) is 0 Å². The summed E-state index contributed by atoms with van der Waals surface area (Å²) in [6.45, 7) is 9.16. The van der Waals surface area contributed by atoms with Gasteiger partial charge in [-0.25, -0.2) is 4.99 Å². The highest BCUT2D eigenvalue weighted by Gasteiger charge is 1.99. The molecule has 2 heteroatoms. The first-order chi connectivity index (χ1) is 4.75. The van der Waals surface area contributed by atoms with Crippen LogP contribution in [0.25, 0.3) is 5.57 Å². The number of nitrogens with one attached hydrogen (secondary N) is 1. The zero-order valence-electron chi connectivity index (χ0n) is 6.02. The van der Waals surface area contributed by atoms with Crippen molar-refractivity contribution in [2.75, 3.05) is 0 Å². The van der Waals surface area contributed by atoms with E-state index < -0.39 is 0 Å². The summed E-state index contributed by atoms with van der Waals surface area (Å²) in [6.07, 6.45) is 1.83. The molecular formula is C8H10N2. The Hall–Kier alpha value is -1.31. The first-order valence-corrected chi connectivity index (χ1v) is 3.05. The number of aliphatic imine (C=N–C) groups is 1. The molecule has 0 aliphatic heterocycles. The summed E-state index contributed by atoms with van der Waals surface area (Å²) in [6, 6.07) is 1.94. The van der Waals surface area contributed by atoms with Gasteiger partial charge in [0.15, 0.2) is 0 Å². The van der Waals surface area contributed by atoms with Gasteiger partial charge in [-0.3, -0.25) is 0 Å². The van der Waals surface area contributed by atoms with Gasteiger partial charge in [-0.15, -0.1) is 0 Å². The summed E-state index contributed by atoms with van der Waals surface area (Å²) in [5.41, 5.74) is 2.04. The molecule has 1 aromatic rings. The molecule has 0 bridgehead atoms. The Morgan fingerprint density at radius 1 is 1.70 bits per heavy atom. The van der Waals surface area contributed by atoms with E-state index in [9.17, 15) is 0 Å². The van der Waals surface area contributed by atoms with Gasteiger partial charge in [0.1, 0.15) is 5.82 Å². The Bertz CT molecular complexity index is 258. The predicted molar refractivity (Wildman–Crippen MR) is 44.7 cm³/mol. The lowest BCUT2D eigenvalue weighted by Gasteiger charge is -1.94. The van der Waals surface area contributed by atoms with Crippen LogP contribution in [0.15, 0.2) is 23.8 Å². The second-order valence-corrected chi connectivity index (χ2v) is 2.18. The number of rotatable bonds is 2. The lowest BCUT2D eigenvalue weighted by molar-refractivity contribution is 1.34. The molecule has 0 fully saturated rings. The van der Waals surface area contributed by atoms with Crippen molar-refractivity contribution in [1.82, 2.24) is 4.98 Å². The fraction of sp³-hybridized carbons (Fsp3) is 0.125. The van der Waals surface area contributed by atoms with Gasteiger partial charge in [0.05, 0.1) is 0 Å². The van der Waals surface area contributed by atoms with Gasteiger partial charge in [-0.1, -0.05) is 6.58 Å². The Balaban J connectivity index is 3.13. The van der Waals surface area contributed by atoms with Crippen LogP contribution in [0.3, 0.4) is 0 Å².